The molecule has 0 aliphatic rings. The minimum absolute atomic E-state index is 0.898. The van der Waals surface area contributed by atoms with Gasteiger partial charge in [0, 0.05) is 10.8 Å². The standard InChI is InChI=1S/C48H30O/c1-3-14-31(15-4-1)33-26-27-44-43(29-33)48-41(24-13-25-45(48)49-44)42-30-35(28-34-18-7-8-19-36(34)42)47-39-22-11-9-20-37(39)46(32-16-5-2-6-17-32)38-21-10-12-23-40(38)47/h1-30H. The van der Waals surface area contributed by atoms with Crippen LogP contribution in [0.4, 0.5) is 0 Å². The molecule has 0 atom stereocenters. The molecule has 0 unspecified atom stereocenters. The molecule has 1 heteroatoms. The van der Waals surface area contributed by atoms with Crippen LogP contribution in [0.25, 0.3) is 98.8 Å². The van der Waals surface area contributed by atoms with Crippen molar-refractivity contribution in [2.45, 2.75) is 0 Å². The van der Waals surface area contributed by atoms with Crippen LogP contribution in [0.1, 0.15) is 0 Å². The third kappa shape index (κ3) is 4.40. The van der Waals surface area contributed by atoms with E-state index in [9.17, 15) is 0 Å². The SMILES string of the molecule is c1ccc(-c2ccc3oc4cccc(-c5cc(-c6c7ccccc7c(-c7ccccc7)c7ccccc67)cc6ccccc56)c4c3c2)cc1. The predicted octanol–water partition coefficient (Wildman–Crippen LogP) is 13.7. The third-order valence-electron chi connectivity index (χ3n) is 10.0. The summed E-state index contributed by atoms with van der Waals surface area (Å²) in [5.74, 6) is 0. The van der Waals surface area contributed by atoms with Crippen LogP contribution in [0.15, 0.2) is 186 Å². The van der Waals surface area contributed by atoms with Crippen molar-refractivity contribution in [3.8, 4) is 44.5 Å². The Morgan fingerprint density at radius 2 is 0.857 bits per heavy atom. The fourth-order valence-corrected chi connectivity index (χ4v) is 7.89. The summed E-state index contributed by atoms with van der Waals surface area (Å²) in [6.45, 7) is 0. The Morgan fingerprint density at radius 3 is 1.53 bits per heavy atom. The number of rotatable bonds is 4. The molecule has 10 rings (SSSR count). The normalized spacial score (nSPS) is 11.7. The van der Waals surface area contributed by atoms with Gasteiger partial charge in [0.15, 0.2) is 0 Å². The van der Waals surface area contributed by atoms with E-state index in [-0.39, 0.29) is 0 Å². The molecule has 228 valence electrons. The second kappa shape index (κ2) is 11.1. The van der Waals surface area contributed by atoms with Crippen molar-refractivity contribution >= 4 is 54.3 Å². The van der Waals surface area contributed by atoms with Gasteiger partial charge in [-0.25, -0.2) is 0 Å². The van der Waals surface area contributed by atoms with Gasteiger partial charge in [0.25, 0.3) is 0 Å². The van der Waals surface area contributed by atoms with Gasteiger partial charge in [0.1, 0.15) is 11.2 Å². The van der Waals surface area contributed by atoms with Crippen LogP contribution < -0.4 is 0 Å². The fourth-order valence-electron chi connectivity index (χ4n) is 7.89. The Hall–Kier alpha value is -6.44. The maximum atomic E-state index is 6.50. The van der Waals surface area contributed by atoms with Gasteiger partial charge in [-0.1, -0.05) is 152 Å². The van der Waals surface area contributed by atoms with Crippen LogP contribution in [-0.4, -0.2) is 0 Å². The van der Waals surface area contributed by atoms with E-state index in [1.165, 1.54) is 76.8 Å². The molecular formula is C48H30O. The molecule has 10 aromatic rings. The zero-order valence-corrected chi connectivity index (χ0v) is 26.7. The molecule has 0 aliphatic carbocycles. The minimum atomic E-state index is 0.898. The summed E-state index contributed by atoms with van der Waals surface area (Å²) in [7, 11) is 0. The van der Waals surface area contributed by atoms with E-state index >= 15 is 0 Å². The molecule has 0 saturated heterocycles. The summed E-state index contributed by atoms with van der Waals surface area (Å²) in [4.78, 5) is 0. The van der Waals surface area contributed by atoms with E-state index in [2.05, 4.69) is 182 Å². The molecule has 0 amide bonds. The van der Waals surface area contributed by atoms with Gasteiger partial charge in [-0.3, -0.25) is 0 Å². The summed E-state index contributed by atoms with van der Waals surface area (Å²) >= 11 is 0. The van der Waals surface area contributed by atoms with Gasteiger partial charge in [0.2, 0.25) is 0 Å². The van der Waals surface area contributed by atoms with Crippen LogP contribution >= 0.6 is 0 Å². The van der Waals surface area contributed by atoms with E-state index in [4.69, 9.17) is 4.42 Å². The summed E-state index contributed by atoms with van der Waals surface area (Å²) in [5, 5.41) is 9.73. The van der Waals surface area contributed by atoms with Crippen LogP contribution in [0, 0.1) is 0 Å². The quantitative estimate of drug-likeness (QED) is 0.178. The Morgan fingerprint density at radius 1 is 0.286 bits per heavy atom. The monoisotopic (exact) mass is 622 g/mol. The average molecular weight is 623 g/mol. The zero-order valence-electron chi connectivity index (χ0n) is 26.7. The first-order valence-corrected chi connectivity index (χ1v) is 16.8. The highest BCUT2D eigenvalue weighted by Crippen LogP contribution is 2.47. The van der Waals surface area contributed by atoms with E-state index < -0.39 is 0 Å². The molecular weight excluding hydrogens is 593 g/mol. The smallest absolute Gasteiger partial charge is 0.136 e. The average Bonchev–Trinajstić information content (AvgIpc) is 3.55. The lowest BCUT2D eigenvalue weighted by Gasteiger charge is -2.19. The number of furan rings is 1. The first-order valence-electron chi connectivity index (χ1n) is 16.8. The number of benzene rings is 9. The largest absolute Gasteiger partial charge is 0.456 e. The van der Waals surface area contributed by atoms with Crippen molar-refractivity contribution in [3.05, 3.63) is 182 Å². The predicted molar refractivity (Wildman–Crippen MR) is 208 cm³/mol. The third-order valence-corrected chi connectivity index (χ3v) is 10.0. The molecule has 0 spiro atoms. The zero-order chi connectivity index (χ0) is 32.3. The van der Waals surface area contributed by atoms with Crippen LogP contribution in [-0.2, 0) is 0 Å². The molecule has 0 saturated carbocycles. The first-order chi connectivity index (χ1) is 24.3. The van der Waals surface area contributed by atoms with Crippen molar-refractivity contribution < 1.29 is 4.42 Å². The molecule has 0 fully saturated rings. The Kier molecular flexibility index (Phi) is 6.25. The lowest BCUT2D eigenvalue weighted by molar-refractivity contribution is 0.669. The molecule has 0 N–H and O–H groups in total. The summed E-state index contributed by atoms with van der Waals surface area (Å²) in [5.41, 5.74) is 11.5. The highest BCUT2D eigenvalue weighted by molar-refractivity contribution is 6.23. The molecule has 49 heavy (non-hydrogen) atoms. The molecule has 9 aromatic carbocycles. The second-order valence-electron chi connectivity index (χ2n) is 12.8. The lowest BCUT2D eigenvalue weighted by atomic mass is 9.84. The maximum absolute atomic E-state index is 6.50. The van der Waals surface area contributed by atoms with E-state index in [0.717, 1.165) is 21.9 Å². The Labute approximate surface area is 284 Å². The highest BCUT2D eigenvalue weighted by atomic mass is 16.3. The summed E-state index contributed by atoms with van der Waals surface area (Å²) in [6, 6.07) is 65.7. The van der Waals surface area contributed by atoms with Crippen molar-refractivity contribution in [3.63, 3.8) is 0 Å². The van der Waals surface area contributed by atoms with Crippen molar-refractivity contribution in [2.24, 2.45) is 0 Å². The second-order valence-corrected chi connectivity index (χ2v) is 12.8. The van der Waals surface area contributed by atoms with Crippen LogP contribution in [0.3, 0.4) is 0 Å². The number of hydrogen-bond acceptors (Lipinski definition) is 1. The first kappa shape index (κ1) is 27.7. The van der Waals surface area contributed by atoms with E-state index in [1.807, 2.05) is 0 Å². The molecule has 0 radical (unpaired) electrons. The van der Waals surface area contributed by atoms with Crippen LogP contribution in [0.2, 0.25) is 0 Å². The van der Waals surface area contributed by atoms with Gasteiger partial charge < -0.3 is 4.42 Å². The van der Waals surface area contributed by atoms with Crippen molar-refractivity contribution in [2.75, 3.05) is 0 Å². The van der Waals surface area contributed by atoms with E-state index in [0.29, 0.717) is 0 Å². The van der Waals surface area contributed by atoms with Crippen LogP contribution in [0.5, 0.6) is 0 Å². The molecule has 0 bridgehead atoms. The van der Waals surface area contributed by atoms with Crippen molar-refractivity contribution in [1.29, 1.82) is 0 Å². The summed E-state index contributed by atoms with van der Waals surface area (Å²) in [6.07, 6.45) is 0. The van der Waals surface area contributed by atoms with Gasteiger partial charge in [-0.05, 0) is 107 Å². The molecule has 1 aromatic heterocycles. The van der Waals surface area contributed by atoms with Crippen molar-refractivity contribution in [1.82, 2.24) is 0 Å². The number of hydrogen-bond donors (Lipinski definition) is 0. The minimum Gasteiger partial charge on any atom is -0.456 e. The highest BCUT2D eigenvalue weighted by Gasteiger charge is 2.20. The molecule has 1 heterocycles. The Bertz CT molecular complexity index is 2800. The Balaban J connectivity index is 1.29. The van der Waals surface area contributed by atoms with Gasteiger partial charge >= 0.3 is 0 Å². The molecule has 0 aliphatic heterocycles. The summed E-state index contributed by atoms with van der Waals surface area (Å²) < 4.78 is 6.50. The van der Waals surface area contributed by atoms with Gasteiger partial charge in [-0.2, -0.15) is 0 Å². The number of fused-ring (bicyclic) bond motifs is 6. The van der Waals surface area contributed by atoms with Gasteiger partial charge in [0.05, 0.1) is 0 Å². The van der Waals surface area contributed by atoms with E-state index in [1.54, 1.807) is 0 Å². The maximum Gasteiger partial charge on any atom is 0.136 e. The lowest BCUT2D eigenvalue weighted by Crippen LogP contribution is -1.92. The topological polar surface area (TPSA) is 13.1 Å². The fraction of sp³-hybridized carbons (Fsp3) is 0. The van der Waals surface area contributed by atoms with Gasteiger partial charge in [-0.15, -0.1) is 0 Å². The molecule has 1 nitrogen and oxygen atoms in total.